The summed E-state index contributed by atoms with van der Waals surface area (Å²) in [4.78, 5) is 10.4. The Bertz CT molecular complexity index is 504. The Hall–Kier alpha value is -0.590. The average Bonchev–Trinajstić information content (AvgIpc) is 2.94. The Morgan fingerprint density at radius 1 is 1.33 bits per heavy atom. The SMILES string of the molecule is CCNc1nc(-c2sc(CSCC)nc2C)cs1. The maximum Gasteiger partial charge on any atom is 0.183 e. The maximum absolute atomic E-state index is 4.62. The lowest BCUT2D eigenvalue weighted by Gasteiger charge is -1.94. The zero-order valence-electron chi connectivity index (χ0n) is 10.8. The van der Waals surface area contributed by atoms with Crippen molar-refractivity contribution in [2.75, 3.05) is 17.6 Å². The Morgan fingerprint density at radius 3 is 2.89 bits per heavy atom. The first-order chi connectivity index (χ1) is 8.74. The largest absolute Gasteiger partial charge is 0.362 e. The number of nitrogens with one attached hydrogen (secondary N) is 1. The van der Waals surface area contributed by atoms with E-state index in [1.54, 1.807) is 22.7 Å². The van der Waals surface area contributed by atoms with Crippen LogP contribution in [0, 0.1) is 6.92 Å². The van der Waals surface area contributed by atoms with Gasteiger partial charge in [-0.25, -0.2) is 9.97 Å². The first-order valence-electron chi connectivity index (χ1n) is 5.98. The summed E-state index contributed by atoms with van der Waals surface area (Å²) in [5.41, 5.74) is 2.15. The molecule has 2 rings (SSSR count). The van der Waals surface area contributed by atoms with E-state index in [0.717, 1.165) is 34.6 Å². The summed E-state index contributed by atoms with van der Waals surface area (Å²) in [6, 6.07) is 0. The van der Waals surface area contributed by atoms with Gasteiger partial charge in [-0.05, 0) is 19.6 Å². The van der Waals surface area contributed by atoms with Gasteiger partial charge >= 0.3 is 0 Å². The molecule has 0 aliphatic heterocycles. The summed E-state index contributed by atoms with van der Waals surface area (Å²) in [6.45, 7) is 7.24. The van der Waals surface area contributed by atoms with Gasteiger partial charge in [0.2, 0.25) is 0 Å². The summed E-state index contributed by atoms with van der Waals surface area (Å²) < 4.78 is 0. The van der Waals surface area contributed by atoms with E-state index in [1.807, 2.05) is 11.8 Å². The number of thioether (sulfide) groups is 1. The fraction of sp³-hybridized carbons (Fsp3) is 0.500. The number of anilines is 1. The van der Waals surface area contributed by atoms with Crippen LogP contribution in [-0.4, -0.2) is 22.3 Å². The van der Waals surface area contributed by atoms with Gasteiger partial charge in [0.05, 0.1) is 16.3 Å². The zero-order chi connectivity index (χ0) is 13.0. The van der Waals surface area contributed by atoms with Crippen LogP contribution in [0.5, 0.6) is 0 Å². The van der Waals surface area contributed by atoms with Crippen molar-refractivity contribution in [1.82, 2.24) is 9.97 Å². The molecule has 3 nitrogen and oxygen atoms in total. The number of aryl methyl sites for hydroxylation is 1. The lowest BCUT2D eigenvalue weighted by atomic mass is 10.3. The highest BCUT2D eigenvalue weighted by Crippen LogP contribution is 2.33. The molecule has 0 aliphatic rings. The zero-order valence-corrected chi connectivity index (χ0v) is 13.3. The Balaban J connectivity index is 2.18. The van der Waals surface area contributed by atoms with E-state index in [0.29, 0.717) is 0 Å². The van der Waals surface area contributed by atoms with Gasteiger partial charge in [-0.3, -0.25) is 0 Å². The van der Waals surface area contributed by atoms with Crippen LogP contribution in [0.2, 0.25) is 0 Å². The first-order valence-corrected chi connectivity index (χ1v) is 8.83. The van der Waals surface area contributed by atoms with Crippen LogP contribution in [0.15, 0.2) is 5.38 Å². The molecular weight excluding hydrogens is 282 g/mol. The lowest BCUT2D eigenvalue weighted by molar-refractivity contribution is 1.17. The monoisotopic (exact) mass is 299 g/mol. The summed E-state index contributed by atoms with van der Waals surface area (Å²) in [7, 11) is 0. The van der Waals surface area contributed by atoms with Crippen LogP contribution < -0.4 is 5.32 Å². The van der Waals surface area contributed by atoms with Gasteiger partial charge in [-0.1, -0.05) is 6.92 Å². The first kappa shape index (κ1) is 13.8. The standard InChI is InChI=1S/C12H17N3S3/c1-4-13-12-15-9(6-17-12)11-8(3)14-10(18-11)7-16-5-2/h6H,4-5,7H2,1-3H3,(H,13,15). The third-order valence-electron chi connectivity index (χ3n) is 2.34. The highest BCUT2D eigenvalue weighted by Gasteiger charge is 2.12. The fourth-order valence-corrected chi connectivity index (χ4v) is 4.15. The highest BCUT2D eigenvalue weighted by atomic mass is 32.2. The molecule has 0 atom stereocenters. The van der Waals surface area contributed by atoms with Gasteiger partial charge in [0.25, 0.3) is 0 Å². The van der Waals surface area contributed by atoms with Crippen molar-refractivity contribution in [3.63, 3.8) is 0 Å². The molecule has 6 heteroatoms. The fourth-order valence-electron chi connectivity index (χ4n) is 1.55. The molecule has 98 valence electrons. The second-order valence-electron chi connectivity index (χ2n) is 3.73. The van der Waals surface area contributed by atoms with Gasteiger partial charge in [0.1, 0.15) is 5.01 Å². The van der Waals surface area contributed by atoms with Crippen molar-refractivity contribution in [3.8, 4) is 10.6 Å². The van der Waals surface area contributed by atoms with E-state index < -0.39 is 0 Å². The molecule has 0 saturated carbocycles. The minimum Gasteiger partial charge on any atom is -0.362 e. The van der Waals surface area contributed by atoms with E-state index >= 15 is 0 Å². The molecule has 0 saturated heterocycles. The van der Waals surface area contributed by atoms with E-state index in [1.165, 1.54) is 9.88 Å². The van der Waals surface area contributed by atoms with E-state index in [4.69, 9.17) is 0 Å². The molecule has 2 aromatic rings. The van der Waals surface area contributed by atoms with Crippen LogP contribution in [0.1, 0.15) is 24.5 Å². The van der Waals surface area contributed by atoms with Crippen LogP contribution in [0.4, 0.5) is 5.13 Å². The average molecular weight is 299 g/mol. The molecule has 0 amide bonds. The molecule has 0 aliphatic carbocycles. The molecule has 18 heavy (non-hydrogen) atoms. The number of hydrogen-bond donors (Lipinski definition) is 1. The highest BCUT2D eigenvalue weighted by molar-refractivity contribution is 7.98. The number of thiazole rings is 2. The van der Waals surface area contributed by atoms with Crippen molar-refractivity contribution in [2.45, 2.75) is 26.5 Å². The van der Waals surface area contributed by atoms with E-state index in [2.05, 4.69) is 41.4 Å². The van der Waals surface area contributed by atoms with Crippen LogP contribution in [0.3, 0.4) is 0 Å². The van der Waals surface area contributed by atoms with E-state index in [-0.39, 0.29) is 0 Å². The van der Waals surface area contributed by atoms with Gasteiger partial charge in [-0.15, -0.1) is 22.7 Å². The molecular formula is C12H17N3S3. The van der Waals surface area contributed by atoms with Crippen molar-refractivity contribution < 1.29 is 0 Å². The van der Waals surface area contributed by atoms with Crippen molar-refractivity contribution in [2.24, 2.45) is 0 Å². The van der Waals surface area contributed by atoms with E-state index in [9.17, 15) is 0 Å². The third-order valence-corrected chi connectivity index (χ3v) is 5.38. The normalized spacial score (nSPS) is 10.8. The van der Waals surface area contributed by atoms with Gasteiger partial charge in [0.15, 0.2) is 5.13 Å². The quantitative estimate of drug-likeness (QED) is 0.865. The maximum atomic E-state index is 4.62. The molecule has 0 unspecified atom stereocenters. The summed E-state index contributed by atoms with van der Waals surface area (Å²) in [6.07, 6.45) is 0. The molecule has 2 aromatic heterocycles. The minimum absolute atomic E-state index is 0.910. The Kier molecular flexibility index (Phi) is 5.03. The smallest absolute Gasteiger partial charge is 0.183 e. The molecule has 0 spiro atoms. The minimum atomic E-state index is 0.910. The predicted octanol–water partition coefficient (Wildman–Crippen LogP) is 4.26. The molecule has 0 fully saturated rings. The van der Waals surface area contributed by atoms with Crippen molar-refractivity contribution in [1.29, 1.82) is 0 Å². The number of aromatic nitrogens is 2. The van der Waals surface area contributed by atoms with Gasteiger partial charge in [-0.2, -0.15) is 11.8 Å². The second-order valence-corrected chi connectivity index (χ2v) is 6.94. The molecule has 0 bridgehead atoms. The van der Waals surface area contributed by atoms with Crippen molar-refractivity contribution in [3.05, 3.63) is 16.1 Å². The van der Waals surface area contributed by atoms with Gasteiger partial charge < -0.3 is 5.32 Å². The summed E-state index contributed by atoms with van der Waals surface area (Å²) >= 11 is 5.33. The summed E-state index contributed by atoms with van der Waals surface area (Å²) in [5.74, 6) is 2.14. The van der Waals surface area contributed by atoms with Crippen molar-refractivity contribution >= 4 is 39.6 Å². The van der Waals surface area contributed by atoms with Crippen LogP contribution >= 0.6 is 34.4 Å². The number of rotatable bonds is 6. The van der Waals surface area contributed by atoms with Gasteiger partial charge in [0, 0.05) is 17.7 Å². The lowest BCUT2D eigenvalue weighted by Crippen LogP contribution is -1.94. The number of nitrogens with zero attached hydrogens (tertiary/aromatic N) is 2. The Labute approximate surface area is 120 Å². The predicted molar refractivity (Wildman–Crippen MR) is 84.0 cm³/mol. The second kappa shape index (κ2) is 6.54. The third kappa shape index (κ3) is 3.24. The topological polar surface area (TPSA) is 37.8 Å². The number of hydrogen-bond acceptors (Lipinski definition) is 6. The molecule has 2 heterocycles. The molecule has 0 aromatic carbocycles. The van der Waals surface area contributed by atoms with Crippen LogP contribution in [-0.2, 0) is 5.75 Å². The molecule has 1 N–H and O–H groups in total. The van der Waals surface area contributed by atoms with Crippen LogP contribution in [0.25, 0.3) is 10.6 Å². The molecule has 0 radical (unpaired) electrons. The Morgan fingerprint density at radius 2 is 2.17 bits per heavy atom. The summed E-state index contributed by atoms with van der Waals surface area (Å²) in [5, 5.41) is 7.54.